The number of nitrogens with one attached hydrogen (secondary N) is 1. The molecule has 1 aliphatic rings. The van der Waals surface area contributed by atoms with Crippen LogP contribution in [-0.2, 0) is 28.5 Å². The molecular weight excluding hydrogens is 458 g/mol. The second-order valence-electron chi connectivity index (χ2n) is 8.96. The molecule has 34 heavy (non-hydrogen) atoms. The molecule has 0 bridgehead atoms. The second-order valence-corrected chi connectivity index (χ2v) is 10.6. The van der Waals surface area contributed by atoms with Crippen LogP contribution < -0.4 is 5.32 Å². The number of carbonyl (C=O) groups excluding carboxylic acids is 1. The second kappa shape index (κ2) is 20.7. The number of thioether (sulfide) groups is 1. The maximum Gasteiger partial charge on any atom is 0.230 e. The topological polar surface area (TPSA) is 81.7 Å². The lowest BCUT2D eigenvalue weighted by Gasteiger charge is -2.38. The standard InChI is InChI=1S/C24H49N3O6S/c1-5-12-30-15-17-32-19-20-33-18-16-31-13-6-25-23(28)21-34-24(2,3)22-27-9-7-26(8-10-27)11-14-29-4/h5-22H2,1-4H3,(H,25,28). The molecule has 1 saturated heterocycles. The van der Waals surface area contributed by atoms with E-state index < -0.39 is 0 Å². The van der Waals surface area contributed by atoms with E-state index in [2.05, 4.69) is 35.9 Å². The summed E-state index contributed by atoms with van der Waals surface area (Å²) in [5.41, 5.74) is 0. The highest BCUT2D eigenvalue weighted by molar-refractivity contribution is 8.01. The molecule has 0 saturated carbocycles. The quantitative estimate of drug-likeness (QED) is 0.218. The maximum atomic E-state index is 12.2. The molecule has 9 nitrogen and oxygen atoms in total. The Hall–Kier alpha value is -0.460. The van der Waals surface area contributed by atoms with Crippen LogP contribution in [0.15, 0.2) is 0 Å². The number of hydrogen-bond donors (Lipinski definition) is 1. The summed E-state index contributed by atoms with van der Waals surface area (Å²) < 4.78 is 26.9. The van der Waals surface area contributed by atoms with Gasteiger partial charge in [-0.25, -0.2) is 0 Å². The summed E-state index contributed by atoms with van der Waals surface area (Å²) in [7, 11) is 1.75. The van der Waals surface area contributed by atoms with Gasteiger partial charge in [-0.15, -0.1) is 11.8 Å². The first kappa shape index (κ1) is 31.6. The molecule has 0 atom stereocenters. The summed E-state index contributed by atoms with van der Waals surface area (Å²) in [6.07, 6.45) is 1.03. The molecule has 0 aromatic carbocycles. The van der Waals surface area contributed by atoms with Crippen molar-refractivity contribution in [2.45, 2.75) is 31.9 Å². The average molecular weight is 508 g/mol. The molecule has 0 aromatic heterocycles. The molecule has 1 N–H and O–H groups in total. The Morgan fingerprint density at radius 3 is 1.91 bits per heavy atom. The van der Waals surface area contributed by atoms with E-state index in [4.69, 9.17) is 23.7 Å². The normalized spacial score (nSPS) is 15.6. The first-order valence-electron chi connectivity index (χ1n) is 12.6. The highest BCUT2D eigenvalue weighted by Gasteiger charge is 2.26. The lowest BCUT2D eigenvalue weighted by atomic mass is 10.1. The van der Waals surface area contributed by atoms with Gasteiger partial charge in [-0.2, -0.15) is 0 Å². The number of ether oxygens (including phenoxy) is 5. The minimum atomic E-state index is 0.0339. The van der Waals surface area contributed by atoms with Gasteiger partial charge in [0.2, 0.25) is 5.91 Å². The first-order valence-corrected chi connectivity index (χ1v) is 13.6. The Bertz CT molecular complexity index is 493. The molecule has 1 amide bonds. The Balaban J connectivity index is 1.93. The summed E-state index contributed by atoms with van der Waals surface area (Å²) in [6, 6.07) is 0. The van der Waals surface area contributed by atoms with E-state index in [1.165, 1.54) is 0 Å². The Morgan fingerprint density at radius 1 is 0.824 bits per heavy atom. The monoisotopic (exact) mass is 507 g/mol. The maximum absolute atomic E-state index is 12.2. The largest absolute Gasteiger partial charge is 0.383 e. The van der Waals surface area contributed by atoms with Crippen molar-refractivity contribution >= 4 is 17.7 Å². The van der Waals surface area contributed by atoms with Crippen LogP contribution in [-0.4, -0.2) is 139 Å². The Labute approximate surface area is 211 Å². The van der Waals surface area contributed by atoms with Crippen LogP contribution in [0.4, 0.5) is 0 Å². The van der Waals surface area contributed by atoms with Crippen LogP contribution in [0.1, 0.15) is 27.2 Å². The van der Waals surface area contributed by atoms with Crippen molar-refractivity contribution in [3.63, 3.8) is 0 Å². The lowest BCUT2D eigenvalue weighted by molar-refractivity contribution is -0.118. The number of rotatable bonds is 22. The molecule has 0 aliphatic carbocycles. The van der Waals surface area contributed by atoms with Crippen LogP contribution >= 0.6 is 11.8 Å². The molecule has 1 fully saturated rings. The van der Waals surface area contributed by atoms with Crippen molar-refractivity contribution in [2.75, 3.05) is 118 Å². The van der Waals surface area contributed by atoms with Gasteiger partial charge in [0.1, 0.15) is 0 Å². The minimum absolute atomic E-state index is 0.0339. The van der Waals surface area contributed by atoms with Gasteiger partial charge in [0.05, 0.1) is 58.6 Å². The summed E-state index contributed by atoms with van der Waals surface area (Å²) >= 11 is 1.71. The van der Waals surface area contributed by atoms with Crippen LogP contribution in [0.2, 0.25) is 0 Å². The molecule has 0 aromatic rings. The van der Waals surface area contributed by atoms with E-state index >= 15 is 0 Å². The Kier molecular flexibility index (Phi) is 19.2. The molecule has 1 rings (SSSR count). The summed E-state index contributed by atoms with van der Waals surface area (Å²) in [6.45, 7) is 18.8. The zero-order valence-corrected chi connectivity index (χ0v) is 22.8. The smallest absolute Gasteiger partial charge is 0.230 e. The molecule has 10 heteroatoms. The Morgan fingerprint density at radius 2 is 1.35 bits per heavy atom. The van der Waals surface area contributed by atoms with Gasteiger partial charge in [0.25, 0.3) is 0 Å². The zero-order valence-electron chi connectivity index (χ0n) is 22.0. The summed E-state index contributed by atoms with van der Waals surface area (Å²) in [5.74, 6) is 0.523. The van der Waals surface area contributed by atoms with Crippen molar-refractivity contribution in [2.24, 2.45) is 0 Å². The van der Waals surface area contributed by atoms with Crippen molar-refractivity contribution in [3.8, 4) is 0 Å². The molecule has 0 spiro atoms. The van der Waals surface area contributed by atoms with Crippen molar-refractivity contribution in [3.05, 3.63) is 0 Å². The number of methoxy groups -OCH3 is 1. The lowest BCUT2D eigenvalue weighted by Crippen LogP contribution is -2.50. The van der Waals surface area contributed by atoms with Gasteiger partial charge in [0, 0.05) is 64.3 Å². The highest BCUT2D eigenvalue weighted by Crippen LogP contribution is 2.25. The molecule has 0 radical (unpaired) electrons. The number of nitrogens with zero attached hydrogens (tertiary/aromatic N) is 2. The zero-order chi connectivity index (χ0) is 24.9. The fourth-order valence-corrected chi connectivity index (χ4v) is 4.35. The summed E-state index contributed by atoms with van der Waals surface area (Å²) in [4.78, 5) is 17.1. The molecule has 1 aliphatic heterocycles. The van der Waals surface area contributed by atoms with Gasteiger partial charge in [-0.05, 0) is 20.3 Å². The van der Waals surface area contributed by atoms with E-state index in [0.29, 0.717) is 58.5 Å². The highest BCUT2D eigenvalue weighted by atomic mass is 32.2. The fourth-order valence-electron chi connectivity index (χ4n) is 3.46. The third-order valence-corrected chi connectivity index (χ3v) is 6.63. The van der Waals surface area contributed by atoms with Crippen molar-refractivity contribution in [1.82, 2.24) is 15.1 Å². The SMILES string of the molecule is CCCOCCOCCOCCOCCNC(=O)CSC(C)(C)CN1CCN(CCOC)CC1. The van der Waals surface area contributed by atoms with Crippen LogP contribution in [0.5, 0.6) is 0 Å². The van der Waals surface area contributed by atoms with E-state index in [0.717, 1.165) is 58.9 Å². The minimum Gasteiger partial charge on any atom is -0.383 e. The summed E-state index contributed by atoms with van der Waals surface area (Å²) in [5, 5.41) is 2.93. The van der Waals surface area contributed by atoms with Gasteiger partial charge >= 0.3 is 0 Å². The van der Waals surface area contributed by atoms with E-state index in [1.54, 1.807) is 18.9 Å². The number of hydrogen-bond acceptors (Lipinski definition) is 9. The van der Waals surface area contributed by atoms with Gasteiger partial charge in [-0.3, -0.25) is 14.6 Å². The molecule has 202 valence electrons. The fraction of sp³-hybridized carbons (Fsp3) is 0.958. The third kappa shape index (κ3) is 17.9. The van der Waals surface area contributed by atoms with Crippen LogP contribution in [0.25, 0.3) is 0 Å². The van der Waals surface area contributed by atoms with Gasteiger partial charge in [0.15, 0.2) is 0 Å². The predicted octanol–water partition coefficient (Wildman–Crippen LogP) is 1.35. The number of piperazine rings is 1. The third-order valence-electron chi connectivity index (χ3n) is 5.31. The van der Waals surface area contributed by atoms with Crippen molar-refractivity contribution in [1.29, 1.82) is 0 Å². The van der Waals surface area contributed by atoms with E-state index in [1.807, 2.05) is 0 Å². The molecule has 0 unspecified atom stereocenters. The average Bonchev–Trinajstić information content (AvgIpc) is 2.82. The molecular formula is C24H49N3O6S. The van der Waals surface area contributed by atoms with E-state index in [9.17, 15) is 4.79 Å². The van der Waals surface area contributed by atoms with Gasteiger partial charge in [-0.1, -0.05) is 6.92 Å². The van der Waals surface area contributed by atoms with Crippen molar-refractivity contribution < 1.29 is 28.5 Å². The van der Waals surface area contributed by atoms with Crippen LogP contribution in [0.3, 0.4) is 0 Å². The number of amides is 1. The first-order chi connectivity index (χ1) is 16.5. The number of carbonyl (C=O) groups is 1. The van der Waals surface area contributed by atoms with Crippen LogP contribution in [0, 0.1) is 0 Å². The van der Waals surface area contributed by atoms with E-state index in [-0.39, 0.29) is 10.7 Å². The predicted molar refractivity (Wildman–Crippen MR) is 138 cm³/mol. The molecule has 1 heterocycles. The van der Waals surface area contributed by atoms with Gasteiger partial charge < -0.3 is 29.0 Å².